The van der Waals surface area contributed by atoms with E-state index in [2.05, 4.69) is 179 Å². The van der Waals surface area contributed by atoms with Crippen LogP contribution in [0.1, 0.15) is 342 Å². The Morgan fingerprint density at radius 1 is 0.266 bits per heavy atom. The van der Waals surface area contributed by atoms with Gasteiger partial charge in [0, 0.05) is 19.3 Å². The lowest BCUT2D eigenvalue weighted by Gasteiger charge is -2.21. The van der Waals surface area contributed by atoms with Crippen LogP contribution in [-0.2, 0) is 55.8 Å². The highest BCUT2D eigenvalue weighted by molar-refractivity contribution is 7.47. The maximum atomic E-state index is 13.0. The fourth-order valence-corrected chi connectivity index (χ4v) is 12.8. The second kappa shape index (κ2) is 82.6. The quantitative estimate of drug-likeness (QED) is 0.0146. The van der Waals surface area contributed by atoms with E-state index in [1.54, 1.807) is 0 Å². The summed E-state index contributed by atoms with van der Waals surface area (Å²) in [6.45, 7) is 2.49. The predicted molar refractivity (Wildman–Crippen MR) is 454 cm³/mol. The summed E-state index contributed by atoms with van der Waals surface area (Å²) in [5.74, 6) is -1.61. The standard InChI is InChI=1S/C91H154O16P2/c1-4-7-10-13-16-19-22-25-28-31-34-36-37-38-39-40-41-42-43-44-45-46-47-49-52-53-56-59-62-65-68-71-74-77-89(94)101-80-86(92)81-103-108(97,98)104-82-87(93)83-105-109(99,100)106-85-88(107-91(96)79-76-73-70-67-64-61-58-55-50-33-30-27-24-21-18-15-12-9-6-3)84-102-90(95)78-75-72-69-66-63-60-57-54-51-48-35-32-29-26-23-20-17-14-11-8-5-2/h7,10,16-21,25-30,34-36,38-39,41-42,48,50,54-55,57,86-88,92-93H,4-6,8-9,11-15,22-24,31-33,37,40,43-47,49,51-53,56,58-85H2,1-3H3,(H,97,98)(H,99,100)/b10-7-,19-16-,20-17-,21-18-,28-25-,29-26-,30-27-,36-34-,39-38-,42-41-,48-35-,55-50-,57-54-. The number of ether oxygens (including phenoxy) is 3. The summed E-state index contributed by atoms with van der Waals surface area (Å²) in [5.41, 5.74) is 0. The number of esters is 3. The van der Waals surface area contributed by atoms with Crippen molar-refractivity contribution in [3.63, 3.8) is 0 Å². The number of unbranched alkanes of at least 4 members (excludes halogenated alkanes) is 31. The highest BCUT2D eigenvalue weighted by atomic mass is 31.2. The number of carbonyl (C=O) groups is 3. The molecule has 0 spiro atoms. The molecule has 0 aromatic heterocycles. The predicted octanol–water partition coefficient (Wildman–Crippen LogP) is 25.8. The lowest BCUT2D eigenvalue weighted by molar-refractivity contribution is -0.161. The van der Waals surface area contributed by atoms with Crippen LogP contribution in [0.25, 0.3) is 0 Å². The van der Waals surface area contributed by atoms with Gasteiger partial charge in [0.2, 0.25) is 0 Å². The molecule has 0 aromatic carbocycles. The van der Waals surface area contributed by atoms with Crippen LogP contribution in [0.5, 0.6) is 0 Å². The highest BCUT2D eigenvalue weighted by Gasteiger charge is 2.29. The lowest BCUT2D eigenvalue weighted by atomic mass is 10.0. The lowest BCUT2D eigenvalue weighted by Crippen LogP contribution is -2.30. The van der Waals surface area contributed by atoms with Crippen molar-refractivity contribution in [1.82, 2.24) is 0 Å². The van der Waals surface area contributed by atoms with E-state index in [-0.39, 0.29) is 19.3 Å². The third kappa shape index (κ3) is 83.9. The largest absolute Gasteiger partial charge is 0.472 e. The number of aliphatic hydroxyl groups is 2. The van der Waals surface area contributed by atoms with Crippen LogP contribution < -0.4 is 0 Å². The molecule has 18 heteroatoms. The molecule has 0 saturated carbocycles. The highest BCUT2D eigenvalue weighted by Crippen LogP contribution is 2.45. The number of allylic oxidation sites excluding steroid dienone is 26. The Bertz CT molecular complexity index is 2610. The summed E-state index contributed by atoms with van der Waals surface area (Å²) in [6.07, 6.45) is 104. The summed E-state index contributed by atoms with van der Waals surface area (Å²) in [5, 5.41) is 20.7. The van der Waals surface area contributed by atoms with E-state index in [0.29, 0.717) is 19.3 Å². The molecular formula is C91H154O16P2. The van der Waals surface area contributed by atoms with Gasteiger partial charge in [-0.2, -0.15) is 0 Å². The molecule has 0 rings (SSSR count). The summed E-state index contributed by atoms with van der Waals surface area (Å²) >= 11 is 0. The van der Waals surface area contributed by atoms with Crippen molar-refractivity contribution >= 4 is 33.6 Å². The molecule has 109 heavy (non-hydrogen) atoms. The van der Waals surface area contributed by atoms with Gasteiger partial charge in [-0.15, -0.1) is 0 Å². The average Bonchev–Trinajstić information content (AvgIpc) is 0.896. The SMILES string of the molecule is CC/C=C\C/C=C\C/C=C\C/C=C\C/C=C\C/C=C\CCCCCCCCCCCCCCCCC(=O)OCC(O)COP(=O)(O)OCC(O)COP(=O)(O)OCC(COC(=O)CCCCCCC/C=C\C/C=C\C/C=C\C/C=C\CCCCC)OC(=O)CCCCCCCC/C=C\C/C=C\C/C=C\CCCCC. The number of rotatable bonds is 80. The molecule has 0 fully saturated rings. The summed E-state index contributed by atoms with van der Waals surface area (Å²) in [7, 11) is -9.81. The number of hydrogen-bond donors (Lipinski definition) is 4. The first kappa shape index (κ1) is 104. The molecule has 0 aliphatic rings. The van der Waals surface area contributed by atoms with Gasteiger partial charge in [-0.25, -0.2) is 9.13 Å². The third-order valence-corrected chi connectivity index (χ3v) is 19.6. The van der Waals surface area contributed by atoms with Gasteiger partial charge in [0.25, 0.3) is 0 Å². The molecular weight excluding hydrogens is 1410 g/mol. The second-order valence-corrected chi connectivity index (χ2v) is 31.2. The molecule has 5 unspecified atom stereocenters. The Morgan fingerprint density at radius 2 is 0.486 bits per heavy atom. The molecule has 624 valence electrons. The molecule has 0 aromatic rings. The minimum absolute atomic E-state index is 0.0820. The summed E-state index contributed by atoms with van der Waals surface area (Å²) < 4.78 is 61.3. The van der Waals surface area contributed by atoms with Gasteiger partial charge >= 0.3 is 33.6 Å². The second-order valence-electron chi connectivity index (χ2n) is 28.2. The fourth-order valence-electron chi connectivity index (χ4n) is 11.2. The topological polar surface area (TPSA) is 231 Å². The Kier molecular flexibility index (Phi) is 79.0. The number of phosphoric ester groups is 2. The minimum atomic E-state index is -4.95. The van der Waals surface area contributed by atoms with E-state index in [0.717, 1.165) is 173 Å². The minimum Gasteiger partial charge on any atom is -0.463 e. The molecule has 0 radical (unpaired) electrons. The van der Waals surface area contributed by atoms with Crippen molar-refractivity contribution in [2.45, 2.75) is 360 Å². The molecule has 16 nitrogen and oxygen atoms in total. The van der Waals surface area contributed by atoms with Crippen molar-refractivity contribution in [2.24, 2.45) is 0 Å². The Labute approximate surface area is 663 Å². The number of phosphoric acid groups is 2. The van der Waals surface area contributed by atoms with E-state index in [4.69, 9.17) is 32.3 Å². The normalized spacial score (nSPS) is 14.7. The molecule has 0 saturated heterocycles. The van der Waals surface area contributed by atoms with Gasteiger partial charge in [-0.3, -0.25) is 32.5 Å². The average molecular weight is 1570 g/mol. The van der Waals surface area contributed by atoms with Crippen molar-refractivity contribution in [1.29, 1.82) is 0 Å². The molecule has 0 bridgehead atoms. The maximum Gasteiger partial charge on any atom is 0.472 e. The molecule has 0 heterocycles. The smallest absolute Gasteiger partial charge is 0.463 e. The number of carbonyl (C=O) groups excluding carboxylic acids is 3. The molecule has 0 aliphatic heterocycles. The van der Waals surface area contributed by atoms with Crippen LogP contribution >= 0.6 is 15.6 Å². The Balaban J connectivity index is 4.55. The molecule has 5 atom stereocenters. The van der Waals surface area contributed by atoms with E-state index < -0.39 is 91.5 Å². The fraction of sp³-hybridized carbons (Fsp3) is 0.681. The van der Waals surface area contributed by atoms with Crippen LogP contribution in [0, 0.1) is 0 Å². The zero-order valence-corrected chi connectivity index (χ0v) is 70.2. The maximum absolute atomic E-state index is 13.0. The number of aliphatic hydroxyl groups excluding tert-OH is 2. The van der Waals surface area contributed by atoms with Gasteiger partial charge in [-0.05, 0) is 154 Å². The zero-order valence-electron chi connectivity index (χ0n) is 68.4. The molecule has 0 amide bonds. The van der Waals surface area contributed by atoms with Crippen LogP contribution in [-0.4, -0.2) is 95.9 Å². The van der Waals surface area contributed by atoms with Crippen LogP contribution in [0.15, 0.2) is 158 Å². The summed E-state index contributed by atoms with van der Waals surface area (Å²) in [4.78, 5) is 58.8. The monoisotopic (exact) mass is 1570 g/mol. The Morgan fingerprint density at radius 3 is 0.771 bits per heavy atom. The molecule has 0 aliphatic carbocycles. The van der Waals surface area contributed by atoms with Crippen molar-refractivity contribution in [3.8, 4) is 0 Å². The van der Waals surface area contributed by atoms with Crippen LogP contribution in [0.2, 0.25) is 0 Å². The first-order valence-electron chi connectivity index (χ1n) is 42.8. The zero-order chi connectivity index (χ0) is 79.4. The van der Waals surface area contributed by atoms with Gasteiger partial charge in [-0.1, -0.05) is 326 Å². The van der Waals surface area contributed by atoms with Gasteiger partial charge in [0.05, 0.1) is 26.4 Å². The van der Waals surface area contributed by atoms with E-state index in [1.807, 2.05) is 0 Å². The Hall–Kier alpha value is -4.83. The van der Waals surface area contributed by atoms with E-state index >= 15 is 0 Å². The van der Waals surface area contributed by atoms with Crippen molar-refractivity contribution in [3.05, 3.63) is 158 Å². The van der Waals surface area contributed by atoms with Crippen molar-refractivity contribution < 1.29 is 75.8 Å². The first-order valence-corrected chi connectivity index (χ1v) is 45.8. The van der Waals surface area contributed by atoms with E-state index in [1.165, 1.54) is 109 Å². The number of hydrogen-bond acceptors (Lipinski definition) is 14. The van der Waals surface area contributed by atoms with Crippen LogP contribution in [0.4, 0.5) is 0 Å². The van der Waals surface area contributed by atoms with Gasteiger partial charge in [0.15, 0.2) is 6.10 Å². The molecule has 4 N–H and O–H groups in total. The van der Waals surface area contributed by atoms with E-state index in [9.17, 15) is 43.5 Å². The van der Waals surface area contributed by atoms with Gasteiger partial charge < -0.3 is 34.2 Å². The van der Waals surface area contributed by atoms with Crippen molar-refractivity contribution in [2.75, 3.05) is 39.6 Å². The van der Waals surface area contributed by atoms with Crippen LogP contribution in [0.3, 0.4) is 0 Å². The van der Waals surface area contributed by atoms with Gasteiger partial charge in [0.1, 0.15) is 25.4 Å². The third-order valence-electron chi connectivity index (χ3n) is 17.7. The summed E-state index contributed by atoms with van der Waals surface area (Å²) in [6, 6.07) is 0. The first-order chi connectivity index (χ1) is 53.2.